The van der Waals surface area contributed by atoms with Crippen molar-refractivity contribution >= 4 is 5.97 Å². The summed E-state index contributed by atoms with van der Waals surface area (Å²) in [6.45, 7) is 6.32. The second kappa shape index (κ2) is 3.83. The molecule has 6 unspecified atom stereocenters. The van der Waals surface area contributed by atoms with Crippen molar-refractivity contribution in [2.45, 2.75) is 52.2 Å². The minimum atomic E-state index is -0.296. The van der Waals surface area contributed by atoms with Crippen molar-refractivity contribution in [2.75, 3.05) is 0 Å². The highest BCUT2D eigenvalue weighted by molar-refractivity contribution is 5.75. The molecule has 100 valence electrons. The van der Waals surface area contributed by atoms with Crippen molar-refractivity contribution in [1.82, 2.24) is 0 Å². The first-order valence-corrected chi connectivity index (χ1v) is 7.04. The number of rotatable bonds is 0. The standard InChI is InChI=1S/C15H22O3/c1-8-4-5-13(16)15(3)7-12-10(6-11(8)15)9(2)14(17)18-12/h6,8-10,12-13,16H,4-5,7H2,1-3H3. The number of carbonyl (C=O) groups excluding carboxylic acids is 1. The van der Waals surface area contributed by atoms with Crippen LogP contribution in [0, 0.1) is 23.2 Å². The number of ether oxygens (including phenoxy) is 1. The van der Waals surface area contributed by atoms with Gasteiger partial charge in [0.1, 0.15) is 6.10 Å². The summed E-state index contributed by atoms with van der Waals surface area (Å²) in [5.41, 5.74) is 1.16. The first-order valence-electron chi connectivity index (χ1n) is 7.04. The summed E-state index contributed by atoms with van der Waals surface area (Å²) < 4.78 is 5.48. The van der Waals surface area contributed by atoms with Crippen molar-refractivity contribution in [1.29, 1.82) is 0 Å². The maximum Gasteiger partial charge on any atom is 0.309 e. The molecule has 18 heavy (non-hydrogen) atoms. The lowest BCUT2D eigenvalue weighted by molar-refractivity contribution is -0.145. The van der Waals surface area contributed by atoms with Gasteiger partial charge < -0.3 is 9.84 Å². The largest absolute Gasteiger partial charge is 0.461 e. The molecule has 0 aromatic heterocycles. The van der Waals surface area contributed by atoms with Gasteiger partial charge in [-0.25, -0.2) is 0 Å². The molecule has 0 amide bonds. The van der Waals surface area contributed by atoms with Crippen LogP contribution in [-0.2, 0) is 9.53 Å². The summed E-state index contributed by atoms with van der Waals surface area (Å²) in [5.74, 6) is 0.625. The van der Waals surface area contributed by atoms with Gasteiger partial charge in [-0.2, -0.15) is 0 Å². The zero-order chi connectivity index (χ0) is 13.1. The second-order valence-corrected chi connectivity index (χ2v) is 6.58. The SMILES string of the molecule is CC1CCC(O)C2(C)CC3OC(=O)C(C)C3C=C12. The molecular formula is C15H22O3. The summed E-state index contributed by atoms with van der Waals surface area (Å²) in [6.07, 6.45) is 4.61. The van der Waals surface area contributed by atoms with Crippen LogP contribution >= 0.6 is 0 Å². The highest BCUT2D eigenvalue weighted by Gasteiger charge is 2.53. The minimum Gasteiger partial charge on any atom is -0.461 e. The van der Waals surface area contributed by atoms with Crippen molar-refractivity contribution in [3.8, 4) is 0 Å². The lowest BCUT2D eigenvalue weighted by Crippen LogP contribution is -2.46. The molecule has 1 saturated heterocycles. The van der Waals surface area contributed by atoms with Crippen LogP contribution in [0.15, 0.2) is 11.6 Å². The zero-order valence-electron chi connectivity index (χ0n) is 11.3. The molecular weight excluding hydrogens is 228 g/mol. The van der Waals surface area contributed by atoms with E-state index in [9.17, 15) is 9.90 Å². The van der Waals surface area contributed by atoms with Gasteiger partial charge in [0.05, 0.1) is 12.0 Å². The fraction of sp³-hybridized carbons (Fsp3) is 0.800. The molecule has 0 radical (unpaired) electrons. The van der Waals surface area contributed by atoms with E-state index in [-0.39, 0.29) is 35.4 Å². The van der Waals surface area contributed by atoms with Crippen LogP contribution in [0.4, 0.5) is 0 Å². The summed E-state index contributed by atoms with van der Waals surface area (Å²) in [7, 11) is 0. The molecule has 3 nitrogen and oxygen atoms in total. The normalized spacial score (nSPS) is 51.2. The van der Waals surface area contributed by atoms with Gasteiger partial charge in [0.25, 0.3) is 0 Å². The molecule has 0 aromatic rings. The summed E-state index contributed by atoms with van der Waals surface area (Å²) in [4.78, 5) is 11.7. The summed E-state index contributed by atoms with van der Waals surface area (Å²) in [5, 5.41) is 10.4. The lowest BCUT2D eigenvalue weighted by Gasteiger charge is -2.48. The zero-order valence-corrected chi connectivity index (χ0v) is 11.3. The van der Waals surface area contributed by atoms with Crippen molar-refractivity contribution in [2.24, 2.45) is 23.2 Å². The maximum atomic E-state index is 11.7. The van der Waals surface area contributed by atoms with Crippen molar-refractivity contribution in [3.05, 3.63) is 11.6 Å². The van der Waals surface area contributed by atoms with E-state index in [4.69, 9.17) is 4.74 Å². The molecule has 1 aliphatic heterocycles. The minimum absolute atomic E-state index is 0.0267. The van der Waals surface area contributed by atoms with E-state index in [0.717, 1.165) is 19.3 Å². The van der Waals surface area contributed by atoms with Crippen LogP contribution in [0.25, 0.3) is 0 Å². The Labute approximate surface area is 108 Å². The van der Waals surface area contributed by atoms with Gasteiger partial charge in [-0.15, -0.1) is 0 Å². The average molecular weight is 250 g/mol. The number of aliphatic hydroxyl groups excluding tert-OH is 1. The number of esters is 1. The Morgan fingerprint density at radius 2 is 2.11 bits per heavy atom. The van der Waals surface area contributed by atoms with Crippen molar-refractivity contribution < 1.29 is 14.6 Å². The van der Waals surface area contributed by atoms with E-state index in [1.165, 1.54) is 5.57 Å². The molecule has 3 rings (SSSR count). The molecule has 3 heteroatoms. The van der Waals surface area contributed by atoms with Crippen LogP contribution in [0.1, 0.15) is 40.0 Å². The molecule has 1 saturated carbocycles. The number of carbonyl (C=O) groups is 1. The van der Waals surface area contributed by atoms with Crippen molar-refractivity contribution in [3.63, 3.8) is 0 Å². The smallest absolute Gasteiger partial charge is 0.309 e. The molecule has 0 aromatic carbocycles. The molecule has 2 fully saturated rings. The number of aliphatic hydroxyl groups is 1. The van der Waals surface area contributed by atoms with Gasteiger partial charge in [-0.3, -0.25) is 4.79 Å². The Kier molecular flexibility index (Phi) is 2.60. The first-order chi connectivity index (χ1) is 8.43. The van der Waals surface area contributed by atoms with E-state index in [1.54, 1.807) is 0 Å². The van der Waals surface area contributed by atoms with Crippen LogP contribution in [0.3, 0.4) is 0 Å². The molecule has 6 atom stereocenters. The average Bonchev–Trinajstić information content (AvgIpc) is 2.58. The maximum absolute atomic E-state index is 11.7. The van der Waals surface area contributed by atoms with Crippen LogP contribution in [0.5, 0.6) is 0 Å². The fourth-order valence-corrected chi connectivity index (χ4v) is 4.11. The molecule has 0 spiro atoms. The Balaban J connectivity index is 2.01. The lowest BCUT2D eigenvalue weighted by atomic mass is 9.58. The first kappa shape index (κ1) is 12.2. The quantitative estimate of drug-likeness (QED) is 0.530. The van der Waals surface area contributed by atoms with Gasteiger partial charge in [-0.1, -0.05) is 32.4 Å². The summed E-state index contributed by atoms with van der Waals surface area (Å²) >= 11 is 0. The van der Waals surface area contributed by atoms with E-state index >= 15 is 0 Å². The topological polar surface area (TPSA) is 46.5 Å². The molecule has 1 N–H and O–H groups in total. The molecule has 1 heterocycles. The van der Waals surface area contributed by atoms with Gasteiger partial charge >= 0.3 is 5.97 Å². The fourth-order valence-electron chi connectivity index (χ4n) is 4.11. The van der Waals surface area contributed by atoms with Crippen LogP contribution in [-0.4, -0.2) is 23.3 Å². The van der Waals surface area contributed by atoms with E-state index in [2.05, 4.69) is 19.9 Å². The van der Waals surface area contributed by atoms with Gasteiger partial charge in [-0.05, 0) is 25.2 Å². The van der Waals surface area contributed by atoms with Crippen LogP contribution < -0.4 is 0 Å². The Morgan fingerprint density at radius 3 is 2.83 bits per heavy atom. The van der Waals surface area contributed by atoms with Crippen LogP contribution in [0.2, 0.25) is 0 Å². The summed E-state index contributed by atoms with van der Waals surface area (Å²) in [6, 6.07) is 0. The van der Waals surface area contributed by atoms with E-state index < -0.39 is 0 Å². The van der Waals surface area contributed by atoms with Gasteiger partial charge in [0, 0.05) is 11.3 Å². The van der Waals surface area contributed by atoms with Gasteiger partial charge in [0.15, 0.2) is 0 Å². The van der Waals surface area contributed by atoms with E-state index in [1.807, 2.05) is 6.92 Å². The predicted molar refractivity (Wildman–Crippen MR) is 67.7 cm³/mol. The highest BCUT2D eigenvalue weighted by Crippen LogP contribution is 2.53. The third kappa shape index (κ3) is 1.49. The number of hydrogen-bond donors (Lipinski definition) is 1. The monoisotopic (exact) mass is 250 g/mol. The van der Waals surface area contributed by atoms with Gasteiger partial charge in [0.2, 0.25) is 0 Å². The third-order valence-corrected chi connectivity index (χ3v) is 5.44. The highest BCUT2D eigenvalue weighted by atomic mass is 16.6. The molecule has 2 aliphatic carbocycles. The second-order valence-electron chi connectivity index (χ2n) is 6.58. The Morgan fingerprint density at radius 1 is 1.39 bits per heavy atom. The third-order valence-electron chi connectivity index (χ3n) is 5.44. The Hall–Kier alpha value is -0.830. The molecule has 3 aliphatic rings. The Bertz CT molecular complexity index is 414. The number of hydrogen-bond acceptors (Lipinski definition) is 3. The molecule has 0 bridgehead atoms. The van der Waals surface area contributed by atoms with E-state index in [0.29, 0.717) is 5.92 Å². The predicted octanol–water partition coefficient (Wildman–Crippen LogP) is 2.29. The number of fused-ring (bicyclic) bond motifs is 2.